The van der Waals surface area contributed by atoms with Crippen molar-refractivity contribution in [1.29, 1.82) is 0 Å². The van der Waals surface area contributed by atoms with Gasteiger partial charge >= 0.3 is 0 Å². The molecule has 0 saturated heterocycles. The van der Waals surface area contributed by atoms with E-state index in [4.69, 9.17) is 12.2 Å². The molecule has 0 aliphatic heterocycles. The summed E-state index contributed by atoms with van der Waals surface area (Å²) in [6.45, 7) is 3.30. The van der Waals surface area contributed by atoms with Crippen molar-refractivity contribution in [2.45, 2.75) is 45.4 Å². The van der Waals surface area contributed by atoms with Crippen LogP contribution >= 0.6 is 24.0 Å². The van der Waals surface area contributed by atoms with Gasteiger partial charge in [-0.2, -0.15) is 0 Å². The lowest BCUT2D eigenvalue weighted by Gasteiger charge is -2.24. The molecule has 1 aromatic carbocycles. The number of hydrogen-bond acceptors (Lipinski definition) is 2. The van der Waals surface area contributed by atoms with Crippen molar-refractivity contribution in [2.24, 2.45) is 0 Å². The van der Waals surface area contributed by atoms with Gasteiger partial charge in [0.1, 0.15) is 4.32 Å². The first-order valence-electron chi connectivity index (χ1n) is 7.20. The van der Waals surface area contributed by atoms with Crippen LogP contribution in [0.5, 0.6) is 0 Å². The summed E-state index contributed by atoms with van der Waals surface area (Å²) >= 11 is 7.12. The maximum absolute atomic E-state index is 5.47. The Morgan fingerprint density at radius 2 is 1.68 bits per heavy atom. The van der Waals surface area contributed by atoms with Crippen LogP contribution in [0.2, 0.25) is 0 Å². The molecule has 1 aromatic rings. The molecule has 0 saturated carbocycles. The summed E-state index contributed by atoms with van der Waals surface area (Å²) in [5.74, 6) is 0. The van der Waals surface area contributed by atoms with E-state index < -0.39 is 0 Å². The average molecular weight is 296 g/mol. The summed E-state index contributed by atoms with van der Waals surface area (Å²) in [6.07, 6.45) is 9.98. The van der Waals surface area contributed by atoms with E-state index in [1.165, 1.54) is 44.2 Å². The van der Waals surface area contributed by atoms with Crippen molar-refractivity contribution in [2.75, 3.05) is 17.7 Å². The zero-order valence-electron chi connectivity index (χ0n) is 12.1. The van der Waals surface area contributed by atoms with Crippen molar-refractivity contribution in [1.82, 2.24) is 0 Å². The largest absolute Gasteiger partial charge is 0.327 e. The van der Waals surface area contributed by atoms with Crippen LogP contribution in [0.3, 0.4) is 0 Å². The third-order valence-electron chi connectivity index (χ3n) is 3.20. The van der Waals surface area contributed by atoms with Gasteiger partial charge in [0, 0.05) is 12.2 Å². The van der Waals surface area contributed by atoms with E-state index in [2.05, 4.69) is 48.4 Å². The molecule has 106 valence electrons. The van der Waals surface area contributed by atoms with Crippen molar-refractivity contribution >= 4 is 34.0 Å². The summed E-state index contributed by atoms with van der Waals surface area (Å²) in [4.78, 5) is 2.26. The highest BCUT2D eigenvalue weighted by atomic mass is 32.2. The molecule has 0 amide bonds. The van der Waals surface area contributed by atoms with Gasteiger partial charge in [-0.15, -0.1) is 11.8 Å². The number of thiocarbonyl (C=S) groups is 1. The van der Waals surface area contributed by atoms with E-state index >= 15 is 0 Å². The molecule has 0 aliphatic carbocycles. The van der Waals surface area contributed by atoms with Crippen LogP contribution in [0, 0.1) is 0 Å². The average Bonchev–Trinajstić information content (AvgIpc) is 2.47. The second-order valence-corrected chi connectivity index (χ2v) is 6.17. The molecule has 3 heteroatoms. The molecule has 1 rings (SSSR count). The topological polar surface area (TPSA) is 3.24 Å². The van der Waals surface area contributed by atoms with E-state index in [-0.39, 0.29) is 0 Å². The minimum absolute atomic E-state index is 0.972. The molecular weight excluding hydrogens is 270 g/mol. The van der Waals surface area contributed by atoms with Crippen LogP contribution in [-0.2, 0) is 0 Å². The monoisotopic (exact) mass is 295 g/mol. The Kier molecular flexibility index (Phi) is 8.93. The lowest BCUT2D eigenvalue weighted by Crippen LogP contribution is -2.27. The Hall–Kier alpha value is -0.540. The molecule has 0 fully saturated rings. The van der Waals surface area contributed by atoms with Gasteiger partial charge < -0.3 is 4.90 Å². The first-order chi connectivity index (χ1) is 9.29. The summed E-state index contributed by atoms with van der Waals surface area (Å²) in [7, 11) is 0. The second kappa shape index (κ2) is 10.3. The highest BCUT2D eigenvalue weighted by molar-refractivity contribution is 8.22. The summed E-state index contributed by atoms with van der Waals surface area (Å²) in [5.41, 5.74) is 1.22. The predicted octanol–water partition coefficient (Wildman–Crippen LogP) is 5.50. The van der Waals surface area contributed by atoms with E-state index in [0.29, 0.717) is 0 Å². The second-order valence-electron chi connectivity index (χ2n) is 4.72. The van der Waals surface area contributed by atoms with Crippen molar-refractivity contribution in [3.8, 4) is 0 Å². The third-order valence-corrected chi connectivity index (χ3v) is 4.49. The number of rotatable bonds is 8. The van der Waals surface area contributed by atoms with Crippen LogP contribution in [-0.4, -0.2) is 17.1 Å². The molecule has 0 aliphatic rings. The Bertz CT molecular complexity index is 351. The fourth-order valence-corrected chi connectivity index (χ4v) is 2.71. The first kappa shape index (κ1) is 16.5. The Morgan fingerprint density at radius 1 is 1.05 bits per heavy atom. The molecule has 0 aromatic heterocycles. The van der Waals surface area contributed by atoms with Gasteiger partial charge in [-0.3, -0.25) is 0 Å². The Labute approximate surface area is 127 Å². The molecule has 0 radical (unpaired) electrons. The fourth-order valence-electron chi connectivity index (χ4n) is 2.09. The van der Waals surface area contributed by atoms with E-state index in [1.54, 1.807) is 11.8 Å². The molecular formula is C16H25NS2. The molecule has 0 spiro atoms. The zero-order chi connectivity index (χ0) is 13.9. The van der Waals surface area contributed by atoms with Crippen LogP contribution in [0.1, 0.15) is 45.4 Å². The molecule has 0 atom stereocenters. The number of anilines is 1. The number of para-hydroxylation sites is 1. The number of thioether (sulfide) groups is 1. The van der Waals surface area contributed by atoms with Crippen molar-refractivity contribution < 1.29 is 0 Å². The van der Waals surface area contributed by atoms with Crippen LogP contribution in [0.25, 0.3) is 0 Å². The number of unbranched alkanes of at least 4 members (excludes halogenated alkanes) is 5. The van der Waals surface area contributed by atoms with Crippen molar-refractivity contribution in [3.63, 3.8) is 0 Å². The minimum Gasteiger partial charge on any atom is -0.327 e. The molecule has 0 N–H and O–H groups in total. The maximum Gasteiger partial charge on any atom is 0.140 e. The number of nitrogens with zero attached hydrogens (tertiary/aromatic N) is 1. The molecule has 0 bridgehead atoms. The van der Waals surface area contributed by atoms with E-state index in [0.717, 1.165) is 10.9 Å². The minimum atomic E-state index is 0.972. The highest BCUT2D eigenvalue weighted by Crippen LogP contribution is 2.19. The third kappa shape index (κ3) is 6.44. The molecule has 0 unspecified atom stereocenters. The van der Waals surface area contributed by atoms with Gasteiger partial charge in [0.2, 0.25) is 0 Å². The van der Waals surface area contributed by atoms with Gasteiger partial charge in [0.25, 0.3) is 0 Å². The lowest BCUT2D eigenvalue weighted by molar-refractivity contribution is 0.611. The maximum atomic E-state index is 5.47. The smallest absolute Gasteiger partial charge is 0.140 e. The van der Waals surface area contributed by atoms with Crippen LogP contribution < -0.4 is 4.90 Å². The molecule has 19 heavy (non-hydrogen) atoms. The van der Waals surface area contributed by atoms with Gasteiger partial charge in [0.15, 0.2) is 0 Å². The fraction of sp³-hybridized carbons (Fsp3) is 0.562. The summed E-state index contributed by atoms with van der Waals surface area (Å²) < 4.78 is 0.972. The number of benzene rings is 1. The van der Waals surface area contributed by atoms with Gasteiger partial charge in [0.05, 0.1) is 0 Å². The van der Waals surface area contributed by atoms with Crippen LogP contribution in [0.4, 0.5) is 5.69 Å². The van der Waals surface area contributed by atoms with Gasteiger partial charge in [-0.25, -0.2) is 0 Å². The van der Waals surface area contributed by atoms with E-state index in [9.17, 15) is 0 Å². The number of hydrogen-bond donors (Lipinski definition) is 0. The Balaban J connectivity index is 2.41. The summed E-state index contributed by atoms with van der Waals surface area (Å²) in [5, 5.41) is 0. The molecule has 1 nitrogen and oxygen atoms in total. The quantitative estimate of drug-likeness (QED) is 0.460. The van der Waals surface area contributed by atoms with Gasteiger partial charge in [-0.05, 0) is 24.8 Å². The highest BCUT2D eigenvalue weighted by Gasteiger charge is 2.10. The zero-order valence-corrected chi connectivity index (χ0v) is 13.7. The SMILES string of the molecule is CCCCCCCCN(C(=S)SC)c1ccccc1. The first-order valence-corrected chi connectivity index (χ1v) is 8.83. The normalized spacial score (nSPS) is 10.4. The standard InChI is InChI=1S/C16H25NS2/c1-3-4-5-6-7-11-14-17(16(18)19-2)15-12-9-8-10-13-15/h8-10,12-13H,3-7,11,14H2,1-2H3. The lowest BCUT2D eigenvalue weighted by atomic mass is 10.1. The summed E-state index contributed by atoms with van der Waals surface area (Å²) in [6, 6.07) is 10.5. The van der Waals surface area contributed by atoms with Crippen molar-refractivity contribution in [3.05, 3.63) is 30.3 Å². The predicted molar refractivity (Wildman–Crippen MR) is 93.3 cm³/mol. The van der Waals surface area contributed by atoms with Crippen LogP contribution in [0.15, 0.2) is 30.3 Å². The molecule has 0 heterocycles. The Morgan fingerprint density at radius 3 is 2.32 bits per heavy atom. The van der Waals surface area contributed by atoms with E-state index in [1.807, 2.05) is 0 Å². The van der Waals surface area contributed by atoms with Gasteiger partial charge in [-0.1, -0.05) is 69.4 Å².